The van der Waals surface area contributed by atoms with E-state index in [2.05, 4.69) is 15.8 Å². The van der Waals surface area contributed by atoms with Crippen molar-refractivity contribution in [2.75, 3.05) is 0 Å². The van der Waals surface area contributed by atoms with E-state index in [0.29, 0.717) is 22.2 Å². The average molecular weight is 412 g/mol. The number of nitrogens with one attached hydrogen (secondary N) is 2. The zero-order chi connectivity index (χ0) is 22.0. The fourth-order valence-corrected chi connectivity index (χ4v) is 3.18. The summed E-state index contributed by atoms with van der Waals surface area (Å²) in [6.45, 7) is 2.00. The SMILES string of the molecule is Cc1ccc(-c2cc(C(=O)NNC(=O)c3ccn(C)c(=O)c3)c3ccccc3n2)cc1. The summed E-state index contributed by atoms with van der Waals surface area (Å²) in [7, 11) is 1.59. The number of pyridine rings is 2. The van der Waals surface area contributed by atoms with Crippen molar-refractivity contribution in [1.29, 1.82) is 0 Å². The molecule has 154 valence electrons. The van der Waals surface area contributed by atoms with E-state index >= 15 is 0 Å². The fraction of sp³-hybridized carbons (Fsp3) is 0.0833. The van der Waals surface area contributed by atoms with E-state index in [-0.39, 0.29) is 11.1 Å². The lowest BCUT2D eigenvalue weighted by Gasteiger charge is -2.12. The third-order valence-electron chi connectivity index (χ3n) is 4.96. The molecule has 7 nitrogen and oxygen atoms in total. The standard InChI is InChI=1S/C24H20N4O3/c1-15-7-9-16(10-8-15)21-14-19(18-5-3-4-6-20(18)25-21)24(31)27-26-23(30)17-11-12-28(2)22(29)13-17/h3-14H,1-2H3,(H,26,30)(H,27,31). The molecule has 0 aliphatic rings. The summed E-state index contributed by atoms with van der Waals surface area (Å²) in [5.41, 5.74) is 8.36. The van der Waals surface area contributed by atoms with Gasteiger partial charge in [0.25, 0.3) is 17.4 Å². The lowest BCUT2D eigenvalue weighted by atomic mass is 10.0. The number of fused-ring (bicyclic) bond motifs is 1. The van der Waals surface area contributed by atoms with E-state index in [4.69, 9.17) is 0 Å². The number of para-hydroxylation sites is 1. The molecule has 2 N–H and O–H groups in total. The quantitative estimate of drug-likeness (QED) is 0.506. The Hall–Kier alpha value is -4.26. The van der Waals surface area contributed by atoms with E-state index in [1.54, 1.807) is 19.2 Å². The molecule has 0 spiro atoms. The van der Waals surface area contributed by atoms with Crippen molar-refractivity contribution in [3.05, 3.63) is 100.0 Å². The molecule has 0 radical (unpaired) electrons. The summed E-state index contributed by atoms with van der Waals surface area (Å²) in [5.74, 6) is -1.06. The van der Waals surface area contributed by atoms with Crippen molar-refractivity contribution in [2.24, 2.45) is 7.05 Å². The van der Waals surface area contributed by atoms with Crippen LogP contribution in [0.3, 0.4) is 0 Å². The fourth-order valence-electron chi connectivity index (χ4n) is 3.18. The van der Waals surface area contributed by atoms with Gasteiger partial charge in [0.2, 0.25) is 0 Å². The van der Waals surface area contributed by atoms with Crippen LogP contribution in [0.25, 0.3) is 22.2 Å². The Balaban J connectivity index is 1.63. The Morgan fingerprint density at radius 3 is 2.35 bits per heavy atom. The van der Waals surface area contributed by atoms with Crippen molar-refractivity contribution in [2.45, 2.75) is 6.92 Å². The maximum Gasteiger partial charge on any atom is 0.270 e. The summed E-state index contributed by atoms with van der Waals surface area (Å²) in [6.07, 6.45) is 1.49. The van der Waals surface area contributed by atoms with Crippen LogP contribution < -0.4 is 16.4 Å². The molecule has 0 fully saturated rings. The average Bonchev–Trinajstić information content (AvgIpc) is 2.78. The highest BCUT2D eigenvalue weighted by Crippen LogP contribution is 2.25. The van der Waals surface area contributed by atoms with Gasteiger partial charge in [0.1, 0.15) is 0 Å². The molecule has 31 heavy (non-hydrogen) atoms. The van der Waals surface area contributed by atoms with Gasteiger partial charge in [-0.05, 0) is 25.1 Å². The molecule has 0 saturated carbocycles. The Bertz CT molecular complexity index is 1360. The number of carbonyl (C=O) groups excluding carboxylic acids is 2. The molecule has 4 rings (SSSR count). The number of amides is 2. The third kappa shape index (κ3) is 4.20. The van der Waals surface area contributed by atoms with Crippen LogP contribution in [0.2, 0.25) is 0 Å². The number of rotatable bonds is 3. The normalized spacial score (nSPS) is 10.6. The Morgan fingerprint density at radius 2 is 1.61 bits per heavy atom. The zero-order valence-electron chi connectivity index (χ0n) is 17.0. The van der Waals surface area contributed by atoms with E-state index in [1.807, 2.05) is 49.4 Å². The largest absolute Gasteiger partial charge is 0.319 e. The maximum absolute atomic E-state index is 12.9. The predicted molar refractivity (Wildman–Crippen MR) is 119 cm³/mol. The molecule has 2 aromatic heterocycles. The van der Waals surface area contributed by atoms with Gasteiger partial charge in [0.05, 0.1) is 16.8 Å². The van der Waals surface area contributed by atoms with Crippen LogP contribution in [-0.4, -0.2) is 21.4 Å². The molecule has 2 amide bonds. The highest BCUT2D eigenvalue weighted by atomic mass is 16.2. The van der Waals surface area contributed by atoms with Gasteiger partial charge in [-0.3, -0.25) is 25.2 Å². The van der Waals surface area contributed by atoms with Crippen LogP contribution in [0.1, 0.15) is 26.3 Å². The first-order chi connectivity index (χ1) is 14.9. The van der Waals surface area contributed by atoms with Gasteiger partial charge < -0.3 is 4.57 Å². The molecule has 0 saturated heterocycles. The van der Waals surface area contributed by atoms with Gasteiger partial charge in [0.15, 0.2) is 0 Å². The molecular formula is C24H20N4O3. The van der Waals surface area contributed by atoms with Crippen LogP contribution in [0.15, 0.2) is 77.7 Å². The van der Waals surface area contributed by atoms with Gasteiger partial charge in [-0.2, -0.15) is 0 Å². The van der Waals surface area contributed by atoms with Gasteiger partial charge in [-0.1, -0.05) is 48.0 Å². The van der Waals surface area contributed by atoms with Crippen molar-refractivity contribution in [1.82, 2.24) is 20.4 Å². The number of benzene rings is 2. The first-order valence-corrected chi connectivity index (χ1v) is 9.66. The number of hydrogen-bond donors (Lipinski definition) is 2. The van der Waals surface area contributed by atoms with Crippen molar-refractivity contribution in [3.63, 3.8) is 0 Å². The monoisotopic (exact) mass is 412 g/mol. The van der Waals surface area contributed by atoms with E-state index in [1.165, 1.54) is 22.9 Å². The molecule has 0 unspecified atom stereocenters. The van der Waals surface area contributed by atoms with E-state index in [0.717, 1.165) is 11.1 Å². The molecule has 4 aromatic rings. The van der Waals surface area contributed by atoms with Crippen LogP contribution in [0, 0.1) is 6.92 Å². The Labute approximate surface area is 178 Å². The Kier molecular flexibility index (Phi) is 5.32. The number of hydrogen-bond acceptors (Lipinski definition) is 4. The maximum atomic E-state index is 12.9. The van der Waals surface area contributed by atoms with Crippen molar-refractivity contribution >= 4 is 22.7 Å². The lowest BCUT2D eigenvalue weighted by Crippen LogP contribution is -2.42. The minimum atomic E-state index is -0.580. The van der Waals surface area contributed by atoms with Crippen LogP contribution in [0.5, 0.6) is 0 Å². The summed E-state index contributed by atoms with van der Waals surface area (Å²) < 4.78 is 1.35. The Morgan fingerprint density at radius 1 is 0.903 bits per heavy atom. The summed E-state index contributed by atoms with van der Waals surface area (Å²) in [6, 6.07) is 19.6. The van der Waals surface area contributed by atoms with E-state index < -0.39 is 11.8 Å². The third-order valence-corrected chi connectivity index (χ3v) is 4.96. The van der Waals surface area contributed by atoms with Crippen LogP contribution in [-0.2, 0) is 7.05 Å². The summed E-state index contributed by atoms with van der Waals surface area (Å²) in [4.78, 5) is 41.7. The zero-order valence-corrected chi connectivity index (χ0v) is 17.0. The number of carbonyl (C=O) groups is 2. The highest BCUT2D eigenvalue weighted by molar-refractivity contribution is 6.08. The van der Waals surface area contributed by atoms with Gasteiger partial charge in [-0.25, -0.2) is 4.98 Å². The van der Waals surface area contributed by atoms with Crippen molar-refractivity contribution < 1.29 is 9.59 Å². The van der Waals surface area contributed by atoms with Crippen LogP contribution >= 0.6 is 0 Å². The first kappa shape index (κ1) is 20.0. The summed E-state index contributed by atoms with van der Waals surface area (Å²) >= 11 is 0. The minimum Gasteiger partial charge on any atom is -0.319 e. The van der Waals surface area contributed by atoms with Gasteiger partial charge in [0, 0.05) is 35.8 Å². The second kappa shape index (κ2) is 8.23. The molecule has 2 heterocycles. The van der Waals surface area contributed by atoms with Gasteiger partial charge in [-0.15, -0.1) is 0 Å². The van der Waals surface area contributed by atoms with Crippen LogP contribution in [0.4, 0.5) is 0 Å². The number of aromatic nitrogens is 2. The molecule has 0 aliphatic heterocycles. The smallest absolute Gasteiger partial charge is 0.270 e. The van der Waals surface area contributed by atoms with Crippen molar-refractivity contribution in [3.8, 4) is 11.3 Å². The first-order valence-electron chi connectivity index (χ1n) is 9.66. The number of aryl methyl sites for hydroxylation is 2. The second-order valence-corrected chi connectivity index (χ2v) is 7.21. The molecule has 0 aliphatic carbocycles. The topological polar surface area (TPSA) is 93.1 Å². The molecule has 0 atom stereocenters. The number of nitrogens with zero attached hydrogens (tertiary/aromatic N) is 2. The lowest BCUT2D eigenvalue weighted by molar-refractivity contribution is 0.0847. The highest BCUT2D eigenvalue weighted by Gasteiger charge is 2.15. The molecule has 7 heteroatoms. The van der Waals surface area contributed by atoms with Gasteiger partial charge >= 0.3 is 0 Å². The van der Waals surface area contributed by atoms with E-state index in [9.17, 15) is 14.4 Å². The minimum absolute atomic E-state index is 0.156. The summed E-state index contributed by atoms with van der Waals surface area (Å²) in [5, 5.41) is 0.665. The molecule has 2 aromatic carbocycles. The molecular weight excluding hydrogens is 392 g/mol. The second-order valence-electron chi connectivity index (χ2n) is 7.21. The number of hydrazine groups is 1. The predicted octanol–water partition coefficient (Wildman–Crippen LogP) is 2.98. The molecule has 0 bridgehead atoms.